The highest BCUT2D eigenvalue weighted by Gasteiger charge is 2.45. The van der Waals surface area contributed by atoms with E-state index in [-0.39, 0.29) is 16.5 Å². The normalized spacial score (nSPS) is 16.8. The molecule has 1 unspecified atom stereocenters. The summed E-state index contributed by atoms with van der Waals surface area (Å²) < 4.78 is 28.3. The zero-order valence-electron chi connectivity index (χ0n) is 20.0. The number of furan rings is 1. The number of benzene rings is 2. The summed E-state index contributed by atoms with van der Waals surface area (Å²) in [6, 6.07) is 17.6. The van der Waals surface area contributed by atoms with Gasteiger partial charge in [0.15, 0.2) is 5.50 Å². The number of nitrogens with zero attached hydrogens (tertiary/aromatic N) is 3. The Labute approximate surface area is 200 Å². The third-order valence-electron chi connectivity index (χ3n) is 6.21. The molecule has 0 radical (unpaired) electrons. The molecule has 4 rings (SSSR count). The van der Waals surface area contributed by atoms with Crippen molar-refractivity contribution in [2.24, 2.45) is 4.74 Å². The van der Waals surface area contributed by atoms with Crippen molar-refractivity contribution in [2.75, 3.05) is 31.1 Å². The minimum atomic E-state index is -2.60. The van der Waals surface area contributed by atoms with E-state index < -0.39 is 13.2 Å². The Bertz CT molecular complexity index is 1240. The number of aryl methyl sites for hydroxylation is 1. The summed E-state index contributed by atoms with van der Waals surface area (Å²) in [6.45, 7) is 10.9. The van der Waals surface area contributed by atoms with Crippen LogP contribution in [0.1, 0.15) is 36.9 Å². The third kappa shape index (κ3) is 4.42. The molecule has 1 fully saturated rings. The van der Waals surface area contributed by atoms with Crippen LogP contribution in [0.5, 0.6) is 0 Å². The van der Waals surface area contributed by atoms with E-state index in [0.29, 0.717) is 37.6 Å². The second kappa shape index (κ2) is 9.40. The average molecular weight is 484 g/mol. The van der Waals surface area contributed by atoms with E-state index in [0.717, 1.165) is 11.3 Å². The Kier molecular flexibility index (Phi) is 6.70. The molecule has 0 aliphatic carbocycles. The van der Waals surface area contributed by atoms with Gasteiger partial charge in [-0.25, -0.2) is 13.9 Å². The second-order valence-electron chi connectivity index (χ2n) is 9.47. The topological polar surface area (TPSA) is 69.3 Å². The fourth-order valence-corrected chi connectivity index (χ4v) is 8.69. The number of hydrogen-bond donors (Lipinski definition) is 1. The van der Waals surface area contributed by atoms with Gasteiger partial charge in [0.05, 0.1) is 16.9 Å². The van der Waals surface area contributed by atoms with Crippen LogP contribution in [0.4, 0.5) is 15.8 Å². The van der Waals surface area contributed by atoms with Gasteiger partial charge in [0.2, 0.25) is 0 Å². The minimum Gasteiger partial charge on any atom is -0.478 e. The van der Waals surface area contributed by atoms with E-state index in [2.05, 4.69) is 30.3 Å². The highest BCUT2D eigenvalue weighted by molar-refractivity contribution is 7.72. The van der Waals surface area contributed by atoms with Gasteiger partial charge in [-0.15, -0.1) is 0 Å². The Morgan fingerprint density at radius 3 is 2.24 bits per heavy atom. The molecule has 8 heteroatoms. The molecule has 3 aromatic rings. The SMILES string of the molecule is Cc1ccc(P(=Nc2ccccc2C(=O)O)(N2CCN(c3ccccc3F)CC2)C(C)(C)C)o1. The molecule has 0 spiro atoms. The maximum atomic E-state index is 14.4. The molecule has 6 nitrogen and oxygen atoms in total. The molecule has 1 saturated heterocycles. The number of para-hydroxylation sites is 1. The van der Waals surface area contributed by atoms with Crippen LogP contribution < -0.4 is 10.4 Å². The smallest absolute Gasteiger partial charge is 0.337 e. The van der Waals surface area contributed by atoms with Crippen molar-refractivity contribution in [3.05, 3.63) is 77.8 Å². The quantitative estimate of drug-likeness (QED) is 0.443. The van der Waals surface area contributed by atoms with Crippen LogP contribution in [0.3, 0.4) is 0 Å². The van der Waals surface area contributed by atoms with Crippen molar-refractivity contribution in [3.8, 4) is 0 Å². The summed E-state index contributed by atoms with van der Waals surface area (Å²) in [5, 5.41) is 9.47. The first-order chi connectivity index (χ1) is 16.1. The Morgan fingerprint density at radius 1 is 1.00 bits per heavy atom. The first-order valence-electron chi connectivity index (χ1n) is 11.4. The molecule has 2 heterocycles. The van der Waals surface area contributed by atoms with Gasteiger partial charge in [-0.2, -0.15) is 0 Å². The van der Waals surface area contributed by atoms with Crippen LogP contribution in [-0.4, -0.2) is 47.1 Å². The van der Waals surface area contributed by atoms with Crippen LogP contribution in [0, 0.1) is 12.7 Å². The molecule has 34 heavy (non-hydrogen) atoms. The lowest BCUT2D eigenvalue weighted by Gasteiger charge is -2.47. The Balaban J connectivity index is 1.84. The zero-order valence-corrected chi connectivity index (χ0v) is 20.9. The minimum absolute atomic E-state index is 0.171. The van der Waals surface area contributed by atoms with Crippen molar-refractivity contribution in [1.82, 2.24) is 4.67 Å². The van der Waals surface area contributed by atoms with Crippen LogP contribution in [0.25, 0.3) is 0 Å². The third-order valence-corrected chi connectivity index (χ3v) is 10.7. The number of aromatic carboxylic acids is 1. The van der Waals surface area contributed by atoms with Crippen LogP contribution >= 0.6 is 7.21 Å². The maximum absolute atomic E-state index is 14.4. The lowest BCUT2D eigenvalue weighted by molar-refractivity contribution is 0.0698. The van der Waals surface area contributed by atoms with E-state index in [9.17, 15) is 14.3 Å². The molecular weight excluding hydrogens is 452 g/mol. The monoisotopic (exact) mass is 483 g/mol. The molecule has 2 aromatic carbocycles. The van der Waals surface area contributed by atoms with Crippen molar-refractivity contribution in [2.45, 2.75) is 32.9 Å². The van der Waals surface area contributed by atoms with Crippen LogP contribution in [-0.2, 0) is 0 Å². The van der Waals surface area contributed by atoms with E-state index in [1.807, 2.05) is 31.2 Å². The first-order valence-corrected chi connectivity index (χ1v) is 13.1. The highest BCUT2D eigenvalue weighted by Crippen LogP contribution is 2.64. The van der Waals surface area contributed by atoms with Gasteiger partial charge in [-0.05, 0) is 43.3 Å². The lowest BCUT2D eigenvalue weighted by Crippen LogP contribution is -2.49. The largest absolute Gasteiger partial charge is 0.478 e. The molecule has 0 bridgehead atoms. The highest BCUT2D eigenvalue weighted by atomic mass is 31.2. The summed E-state index contributed by atoms with van der Waals surface area (Å²) in [7, 11) is -2.60. The van der Waals surface area contributed by atoms with Crippen molar-refractivity contribution in [1.29, 1.82) is 0 Å². The number of halogens is 1. The van der Waals surface area contributed by atoms with E-state index in [1.54, 1.807) is 30.3 Å². The summed E-state index contributed by atoms with van der Waals surface area (Å²) in [6.07, 6.45) is 0. The molecule has 0 amide bonds. The van der Waals surface area contributed by atoms with Crippen molar-refractivity contribution < 1.29 is 18.7 Å². The van der Waals surface area contributed by atoms with Gasteiger partial charge < -0.3 is 14.4 Å². The van der Waals surface area contributed by atoms with Gasteiger partial charge in [0.25, 0.3) is 0 Å². The van der Waals surface area contributed by atoms with Crippen molar-refractivity contribution >= 4 is 30.1 Å². The number of carboxylic acids is 1. The molecule has 1 aliphatic rings. The molecule has 1 aliphatic heterocycles. The fourth-order valence-electron chi connectivity index (χ4n) is 4.58. The van der Waals surface area contributed by atoms with Crippen LogP contribution in [0.15, 0.2) is 69.8 Å². The zero-order chi connectivity index (χ0) is 24.5. The van der Waals surface area contributed by atoms with Gasteiger partial charge in [-0.1, -0.05) is 45.0 Å². The Morgan fingerprint density at radius 2 is 1.65 bits per heavy atom. The molecule has 0 saturated carbocycles. The molecule has 1 atom stereocenters. The fraction of sp³-hybridized carbons (Fsp3) is 0.346. The summed E-state index contributed by atoms with van der Waals surface area (Å²) in [5.41, 5.74) is 1.99. The molecule has 1 aromatic heterocycles. The van der Waals surface area contributed by atoms with E-state index in [4.69, 9.17) is 9.16 Å². The number of piperazine rings is 1. The molecule has 1 N–H and O–H groups in total. The summed E-state index contributed by atoms with van der Waals surface area (Å²) in [4.78, 5) is 14.0. The first kappa shape index (κ1) is 24.2. The number of carboxylic acid groups (broad SMARTS) is 1. The standard InChI is InChI=1S/C26H31FN3O3P/c1-19-13-14-24(33-19)34(26(2,3)4,28-22-11-7-5-9-20(22)25(31)32)30-17-15-29(16-18-30)23-12-8-6-10-21(23)27/h5-14H,15-18H2,1-4H3,(H,31,32). The number of anilines is 1. The second-order valence-corrected chi connectivity index (χ2v) is 13.2. The van der Waals surface area contributed by atoms with Gasteiger partial charge in [0, 0.05) is 31.3 Å². The van der Waals surface area contributed by atoms with Crippen LogP contribution in [0.2, 0.25) is 0 Å². The number of carbonyl (C=O) groups is 1. The summed E-state index contributed by atoms with van der Waals surface area (Å²) >= 11 is 0. The summed E-state index contributed by atoms with van der Waals surface area (Å²) in [5.74, 6) is -0.448. The Hall–Kier alpha value is -2.89. The maximum Gasteiger partial charge on any atom is 0.337 e. The van der Waals surface area contributed by atoms with E-state index in [1.165, 1.54) is 6.07 Å². The van der Waals surface area contributed by atoms with Crippen molar-refractivity contribution in [3.63, 3.8) is 0 Å². The lowest BCUT2D eigenvalue weighted by atomic mass is 10.2. The predicted octanol–water partition coefficient (Wildman–Crippen LogP) is 6.12. The van der Waals surface area contributed by atoms with E-state index >= 15 is 0 Å². The van der Waals surface area contributed by atoms with Gasteiger partial charge >= 0.3 is 5.97 Å². The molecule has 180 valence electrons. The average Bonchev–Trinajstić information content (AvgIpc) is 3.23. The number of rotatable bonds is 5. The van der Waals surface area contributed by atoms with Gasteiger partial charge in [-0.3, -0.25) is 4.67 Å². The van der Waals surface area contributed by atoms with Gasteiger partial charge in [0.1, 0.15) is 18.8 Å². The predicted molar refractivity (Wildman–Crippen MR) is 135 cm³/mol. The molecular formula is C26H31FN3O3P. The number of hydrogen-bond acceptors (Lipinski definition) is 4.